The molecule has 3 rings (SSSR count). The predicted molar refractivity (Wildman–Crippen MR) is 256 cm³/mol. The molecule has 1 saturated heterocycles. The number of para-hydroxylation sites is 1. The molecule has 1 aliphatic heterocycles. The van der Waals surface area contributed by atoms with Gasteiger partial charge in [-0.2, -0.15) is 9.99 Å². The van der Waals surface area contributed by atoms with Gasteiger partial charge in [0.15, 0.2) is 6.10 Å². The van der Waals surface area contributed by atoms with E-state index in [0.717, 1.165) is 49.4 Å². The van der Waals surface area contributed by atoms with E-state index in [1.54, 1.807) is 10.9 Å². The topological polar surface area (TPSA) is 212 Å². The third-order valence-corrected chi connectivity index (χ3v) is 13.1. The lowest BCUT2D eigenvalue weighted by Gasteiger charge is -2.35. The monoisotopic (exact) mass is 935 g/mol. The maximum atomic E-state index is 15.0. The number of nitriles is 1. The van der Waals surface area contributed by atoms with Crippen molar-refractivity contribution < 1.29 is 43.1 Å². The number of carbonyl (C=O) groups is 7. The molecule has 1 aromatic heterocycles. The zero-order chi connectivity index (χ0) is 50.1. The van der Waals surface area contributed by atoms with Crippen molar-refractivity contribution in [1.29, 1.82) is 5.26 Å². The number of benzene rings is 1. The number of rotatable bonds is 17. The van der Waals surface area contributed by atoms with Crippen LogP contribution in [0.15, 0.2) is 30.5 Å². The fourth-order valence-corrected chi connectivity index (χ4v) is 8.54. The van der Waals surface area contributed by atoms with Crippen LogP contribution >= 0.6 is 0 Å². The molecule has 0 radical (unpaired) electrons. The van der Waals surface area contributed by atoms with Crippen LogP contribution in [0.1, 0.15) is 132 Å². The van der Waals surface area contributed by atoms with Gasteiger partial charge in [0.25, 0.3) is 5.91 Å². The molecule has 0 spiro atoms. The normalized spacial score (nSPS) is 24.4. The third kappa shape index (κ3) is 15.4. The van der Waals surface area contributed by atoms with Crippen LogP contribution in [-0.4, -0.2) is 131 Å². The van der Waals surface area contributed by atoms with E-state index in [1.165, 1.54) is 56.8 Å². The fraction of sp³-hybridized carbons (Fsp3) is 0.680. The average molecular weight is 935 g/mol. The Morgan fingerprint density at radius 2 is 1.22 bits per heavy atom. The summed E-state index contributed by atoms with van der Waals surface area (Å²) in [6.45, 7) is 14.8. The Bertz CT molecular complexity index is 2050. The number of amides is 6. The van der Waals surface area contributed by atoms with E-state index < -0.39 is 83.8 Å². The number of nitrogens with one attached hydrogen (secondary N) is 3. The minimum atomic E-state index is -1.49. The first-order chi connectivity index (χ1) is 31.7. The number of carbonyl (C=O) groups excluding carboxylic acids is 7. The van der Waals surface area contributed by atoms with Gasteiger partial charge in [-0.3, -0.25) is 28.8 Å². The zero-order valence-corrected chi connectivity index (χ0v) is 42.1. The van der Waals surface area contributed by atoms with Crippen molar-refractivity contribution in [2.45, 2.75) is 175 Å². The highest BCUT2D eigenvalue weighted by Gasteiger charge is 2.40. The second-order valence-electron chi connectivity index (χ2n) is 19.0. The maximum Gasteiger partial charge on any atom is 0.329 e. The van der Waals surface area contributed by atoms with Gasteiger partial charge in [-0.15, -0.1) is 0 Å². The predicted octanol–water partition coefficient (Wildman–Crippen LogP) is 4.93. The summed E-state index contributed by atoms with van der Waals surface area (Å²) in [7, 11) is 5.88. The van der Waals surface area contributed by atoms with Crippen LogP contribution < -0.4 is 20.8 Å². The van der Waals surface area contributed by atoms with Crippen LogP contribution in [0.2, 0.25) is 0 Å². The molecule has 17 nitrogen and oxygen atoms in total. The van der Waals surface area contributed by atoms with Crippen LogP contribution in [0, 0.1) is 29.1 Å². The van der Waals surface area contributed by atoms with Gasteiger partial charge in [0.1, 0.15) is 43.4 Å². The van der Waals surface area contributed by atoms with E-state index >= 15 is 0 Å². The van der Waals surface area contributed by atoms with Crippen molar-refractivity contribution >= 4 is 52.3 Å². The molecule has 1 fully saturated rings. The van der Waals surface area contributed by atoms with E-state index in [0.29, 0.717) is 5.56 Å². The molecule has 17 heteroatoms. The van der Waals surface area contributed by atoms with E-state index in [4.69, 9.17) is 9.57 Å². The van der Waals surface area contributed by atoms with Crippen molar-refractivity contribution in [2.24, 2.45) is 17.8 Å². The second kappa shape index (κ2) is 26.6. The first-order valence-electron chi connectivity index (χ1n) is 24.1. The van der Waals surface area contributed by atoms with Crippen molar-refractivity contribution in [3.8, 4) is 6.07 Å². The van der Waals surface area contributed by atoms with Crippen LogP contribution in [0.5, 0.6) is 0 Å². The lowest BCUT2D eigenvalue weighted by Crippen LogP contribution is -2.60. The van der Waals surface area contributed by atoms with Crippen molar-refractivity contribution in [2.75, 3.05) is 28.3 Å². The maximum absolute atomic E-state index is 15.0. The second-order valence-corrected chi connectivity index (χ2v) is 19.0. The van der Waals surface area contributed by atoms with E-state index in [-0.39, 0.29) is 56.3 Å². The largest absolute Gasteiger partial charge is 0.451 e. The lowest BCUT2D eigenvalue weighted by molar-refractivity contribution is -0.163. The number of hydrogen-bond acceptors (Lipinski definition) is 10. The third-order valence-electron chi connectivity index (χ3n) is 13.1. The molecule has 1 aliphatic rings. The van der Waals surface area contributed by atoms with Crippen LogP contribution in [0.25, 0.3) is 10.9 Å². The highest BCUT2D eigenvalue weighted by Crippen LogP contribution is 2.25. The van der Waals surface area contributed by atoms with Gasteiger partial charge in [-0.25, -0.2) is 4.79 Å². The Kier molecular flexibility index (Phi) is 22.1. The molecule has 67 heavy (non-hydrogen) atoms. The van der Waals surface area contributed by atoms with Gasteiger partial charge in [-0.05, 0) is 62.5 Å². The Morgan fingerprint density at radius 3 is 1.76 bits per heavy atom. The molecular formula is C50H78N8O9. The highest BCUT2D eigenvalue weighted by atomic mass is 16.6. The number of esters is 1. The quantitative estimate of drug-likeness (QED) is 0.182. The van der Waals surface area contributed by atoms with Gasteiger partial charge in [0.05, 0.1) is 11.6 Å². The molecule has 372 valence electrons. The number of unbranched alkanes of at least 4 members (excludes halogenated alkanes) is 2. The molecule has 1 aromatic carbocycles. The van der Waals surface area contributed by atoms with Gasteiger partial charge in [-0.1, -0.05) is 98.3 Å². The van der Waals surface area contributed by atoms with Crippen molar-refractivity contribution in [1.82, 2.24) is 35.4 Å². The first kappa shape index (κ1) is 55.7. The molecule has 0 unspecified atom stereocenters. The lowest BCUT2D eigenvalue weighted by atomic mass is 9.94. The molecular weight excluding hydrogens is 857 g/mol. The van der Waals surface area contributed by atoms with E-state index in [9.17, 15) is 38.8 Å². The fourth-order valence-electron chi connectivity index (χ4n) is 8.54. The molecule has 0 aliphatic carbocycles. The molecule has 9 atom stereocenters. The van der Waals surface area contributed by atoms with E-state index in [2.05, 4.69) is 29.8 Å². The number of likely N-dealkylation sites (N-methyl/N-ethyl adjacent to an activating group) is 3. The number of aromatic nitrogens is 1. The smallest absolute Gasteiger partial charge is 0.329 e. The minimum Gasteiger partial charge on any atom is -0.451 e. The number of ether oxygens (including phenoxy) is 1. The average Bonchev–Trinajstić information content (AvgIpc) is 3.66. The summed E-state index contributed by atoms with van der Waals surface area (Å²) in [6.07, 6.45) is 5.64. The Hall–Kier alpha value is -5.66. The molecule has 0 bridgehead atoms. The molecule has 0 saturated carbocycles. The zero-order valence-electron chi connectivity index (χ0n) is 42.1. The molecule has 2 heterocycles. The van der Waals surface area contributed by atoms with E-state index in [1.807, 2.05) is 58.0 Å². The minimum absolute atomic E-state index is 0.00498. The summed E-state index contributed by atoms with van der Waals surface area (Å²) in [4.78, 5) is 110. The standard InChI is InChI=1S/C50H78N8O9/c1-13-15-20-32(5)27-39-48(63)56(10)35(8)50(65)67-43(24-19-25-51)46(61)54-40(28-33(6)21-16-14-2)47(62)55(9)34(7)44(59)52-38(26-31(3)4)49(64)57(11)42(45(60)53-39)29-36-30-58(66-12)41-23-18-17-22-37(36)41/h17-18,22-23,30-35,38-40,42-43H,13-16,19-21,24,26-29H2,1-12H3,(H,52,59)(H,53,60)(H,54,61)/t32-,33-,34+,35+,38+,39+,40+,42+,43-/m1/s1. The number of nitrogens with zero attached hydrogens (tertiary/aromatic N) is 5. The van der Waals surface area contributed by atoms with Crippen LogP contribution in [0.3, 0.4) is 0 Å². The summed E-state index contributed by atoms with van der Waals surface area (Å²) in [6, 6.07) is 2.44. The summed E-state index contributed by atoms with van der Waals surface area (Å²) in [5.41, 5.74) is 1.42. The Balaban J connectivity index is 2.26. The number of hydrogen-bond donors (Lipinski definition) is 3. The van der Waals surface area contributed by atoms with Gasteiger partial charge in [0.2, 0.25) is 29.5 Å². The Labute approximate surface area is 397 Å². The van der Waals surface area contributed by atoms with Crippen LogP contribution in [0.4, 0.5) is 0 Å². The molecule has 2 aromatic rings. The number of cyclic esters (lactones) is 1. The summed E-state index contributed by atoms with van der Waals surface area (Å²) in [5, 5.41) is 18.9. The Morgan fingerprint density at radius 1 is 0.716 bits per heavy atom. The molecule has 3 N–H and O–H groups in total. The highest BCUT2D eigenvalue weighted by molar-refractivity contribution is 5.98. The summed E-state index contributed by atoms with van der Waals surface area (Å²) >= 11 is 0. The summed E-state index contributed by atoms with van der Waals surface area (Å²) in [5.74, 6) is -4.90. The van der Waals surface area contributed by atoms with Crippen LogP contribution in [-0.2, 0) is 44.7 Å². The van der Waals surface area contributed by atoms with Crippen molar-refractivity contribution in [3.63, 3.8) is 0 Å². The van der Waals surface area contributed by atoms with Crippen molar-refractivity contribution in [3.05, 3.63) is 36.0 Å². The first-order valence-corrected chi connectivity index (χ1v) is 24.1. The molecule has 6 amide bonds. The number of fused-ring (bicyclic) bond motifs is 1. The van der Waals surface area contributed by atoms with Gasteiger partial charge in [0, 0.05) is 52.0 Å². The van der Waals surface area contributed by atoms with Gasteiger partial charge < -0.3 is 40.2 Å². The van der Waals surface area contributed by atoms with Gasteiger partial charge >= 0.3 is 5.97 Å². The SMILES string of the molecule is CCCC[C@@H](C)C[C@@H]1NC(=O)[C@@H](CCC#N)OC(=O)[C@H](C)N(C)C(=O)[C@H](C[C@H](C)CCCC)NC(=O)[C@H](Cc2cn(OC)c3ccccc23)N(C)C(=O)[C@H](CC(C)C)NC(=O)[C@H](C)N(C)C1=O. The summed E-state index contributed by atoms with van der Waals surface area (Å²) < 4.78 is 7.34.